The zero-order valence-corrected chi connectivity index (χ0v) is 17.6. The number of ether oxygens (including phenoxy) is 1. The Balaban J connectivity index is 1.22. The summed E-state index contributed by atoms with van der Waals surface area (Å²) in [7, 11) is 0. The molecule has 0 unspecified atom stereocenters. The molecular weight excluding hydrogens is 414 g/mol. The first-order chi connectivity index (χ1) is 14.9. The molecule has 1 aliphatic heterocycles. The van der Waals surface area contributed by atoms with Gasteiger partial charge in [0.2, 0.25) is 11.8 Å². The second-order valence-electron chi connectivity index (χ2n) is 9.01. The van der Waals surface area contributed by atoms with E-state index in [-0.39, 0.29) is 35.5 Å². The van der Waals surface area contributed by atoms with Crippen LogP contribution in [0.3, 0.4) is 0 Å². The van der Waals surface area contributed by atoms with Crippen molar-refractivity contribution in [2.24, 2.45) is 35.5 Å². The van der Waals surface area contributed by atoms with Gasteiger partial charge in [-0.2, -0.15) is 0 Å². The first-order valence-electron chi connectivity index (χ1n) is 10.6. The molecule has 31 heavy (non-hydrogen) atoms. The lowest BCUT2D eigenvalue weighted by molar-refractivity contribution is -0.124. The van der Waals surface area contributed by atoms with E-state index < -0.39 is 5.97 Å². The molecule has 4 aliphatic carbocycles. The van der Waals surface area contributed by atoms with Gasteiger partial charge >= 0.3 is 5.97 Å². The van der Waals surface area contributed by atoms with Crippen molar-refractivity contribution in [3.63, 3.8) is 0 Å². The van der Waals surface area contributed by atoms with Crippen LogP contribution in [-0.4, -0.2) is 17.8 Å². The Labute approximate surface area is 184 Å². The van der Waals surface area contributed by atoms with Crippen molar-refractivity contribution < 1.29 is 19.1 Å². The number of carbonyl (C=O) groups excluding carboxylic acids is 3. The Bertz CT molecular complexity index is 1130. The fourth-order valence-corrected chi connectivity index (χ4v) is 5.92. The Kier molecular flexibility index (Phi) is 3.97. The smallest absolute Gasteiger partial charge is 0.343 e. The van der Waals surface area contributed by atoms with Crippen LogP contribution in [0.5, 0.6) is 5.75 Å². The molecule has 0 spiro atoms. The topological polar surface area (TPSA) is 63.7 Å². The lowest BCUT2D eigenvalue weighted by atomic mass is 9.63. The highest BCUT2D eigenvalue weighted by molar-refractivity contribution is 6.31. The number of benzene rings is 2. The number of amides is 2. The predicted octanol–water partition coefficient (Wildman–Crippen LogP) is 4.43. The second kappa shape index (κ2) is 6.54. The summed E-state index contributed by atoms with van der Waals surface area (Å²) >= 11 is 6.01. The van der Waals surface area contributed by atoms with Crippen molar-refractivity contribution in [2.75, 3.05) is 4.90 Å². The first-order valence-corrected chi connectivity index (χ1v) is 11.0. The van der Waals surface area contributed by atoms with Crippen molar-refractivity contribution in [3.8, 4) is 5.75 Å². The third-order valence-corrected chi connectivity index (χ3v) is 7.79. The Morgan fingerprint density at radius 3 is 2.16 bits per heavy atom. The van der Waals surface area contributed by atoms with Gasteiger partial charge in [-0.05, 0) is 85.0 Å². The summed E-state index contributed by atoms with van der Waals surface area (Å²) in [6, 6.07) is 11.5. The molecular formula is C25H20ClNO4. The molecule has 1 saturated heterocycles. The average molecular weight is 434 g/mol. The Hall–Kier alpha value is -2.92. The van der Waals surface area contributed by atoms with Gasteiger partial charge in [0.1, 0.15) is 5.75 Å². The number of hydrogen-bond donors (Lipinski definition) is 0. The van der Waals surface area contributed by atoms with Crippen LogP contribution in [0.2, 0.25) is 5.02 Å². The molecule has 2 saturated carbocycles. The number of allylic oxidation sites excluding steroid dienone is 2. The second-order valence-corrected chi connectivity index (χ2v) is 9.42. The summed E-state index contributed by atoms with van der Waals surface area (Å²) in [6.07, 6.45) is 5.46. The van der Waals surface area contributed by atoms with Crippen molar-refractivity contribution in [2.45, 2.75) is 13.3 Å². The lowest BCUT2D eigenvalue weighted by Gasteiger charge is -2.37. The number of rotatable bonds is 3. The summed E-state index contributed by atoms with van der Waals surface area (Å²) in [5.41, 5.74) is 1.67. The molecule has 2 aromatic carbocycles. The van der Waals surface area contributed by atoms with E-state index in [4.69, 9.17) is 16.3 Å². The third kappa shape index (κ3) is 2.72. The number of halogens is 1. The fourth-order valence-electron chi connectivity index (χ4n) is 5.80. The van der Waals surface area contributed by atoms with Crippen LogP contribution < -0.4 is 9.64 Å². The summed E-state index contributed by atoms with van der Waals surface area (Å²) in [6.45, 7) is 1.83. The van der Waals surface area contributed by atoms with Gasteiger partial charge in [-0.1, -0.05) is 23.8 Å². The molecule has 5 aliphatic rings. The summed E-state index contributed by atoms with van der Waals surface area (Å²) in [5, 5.41) is 0.602. The molecule has 2 bridgehead atoms. The SMILES string of the molecule is Cc1cc(OC(=O)c2ccc(N3C(=O)[C@@H]4[C@H]5C=C[C@@H]([C@@H]6C[C@H]56)[C@H]4C3=O)cc2)ccc1Cl. The number of nitrogens with zero attached hydrogens (tertiary/aromatic N) is 1. The molecule has 0 aromatic heterocycles. The highest BCUT2D eigenvalue weighted by atomic mass is 35.5. The Morgan fingerprint density at radius 1 is 0.968 bits per heavy atom. The molecule has 3 fully saturated rings. The summed E-state index contributed by atoms with van der Waals surface area (Å²) in [4.78, 5) is 40.2. The maximum absolute atomic E-state index is 13.2. The number of aryl methyl sites for hydroxylation is 1. The van der Waals surface area contributed by atoms with Crippen LogP contribution in [-0.2, 0) is 9.59 Å². The zero-order valence-electron chi connectivity index (χ0n) is 16.8. The molecule has 0 N–H and O–H groups in total. The average Bonchev–Trinajstić information content (AvgIpc) is 3.54. The number of esters is 1. The van der Waals surface area contributed by atoms with E-state index in [1.54, 1.807) is 42.5 Å². The van der Waals surface area contributed by atoms with Crippen molar-refractivity contribution in [1.82, 2.24) is 0 Å². The number of carbonyl (C=O) groups is 3. The van der Waals surface area contributed by atoms with E-state index in [1.807, 2.05) is 6.92 Å². The first kappa shape index (κ1) is 18.8. The van der Waals surface area contributed by atoms with E-state index in [2.05, 4.69) is 12.2 Å². The van der Waals surface area contributed by atoms with Crippen LogP contribution in [0, 0.1) is 42.4 Å². The van der Waals surface area contributed by atoms with Crippen LogP contribution >= 0.6 is 11.6 Å². The van der Waals surface area contributed by atoms with Gasteiger partial charge in [0, 0.05) is 5.02 Å². The molecule has 0 radical (unpaired) electrons. The maximum atomic E-state index is 13.2. The van der Waals surface area contributed by atoms with E-state index in [0.29, 0.717) is 33.9 Å². The standard InChI is InChI=1S/C25H20ClNO4/c1-12-10-15(6-9-20(12)26)31-25(30)13-2-4-14(5-3-13)27-23(28)21-16-7-8-17(19-11-18(16)19)22(21)24(27)29/h2-10,16-19,21-22H,11H2,1H3/t16-,17-,18-,19+,21+,22+/m0/s1. The van der Waals surface area contributed by atoms with E-state index in [1.165, 1.54) is 4.90 Å². The van der Waals surface area contributed by atoms with E-state index in [0.717, 1.165) is 12.0 Å². The number of hydrogen-bond acceptors (Lipinski definition) is 4. The molecule has 6 heteroatoms. The van der Waals surface area contributed by atoms with Crippen molar-refractivity contribution in [1.29, 1.82) is 0 Å². The molecule has 7 rings (SSSR count). The van der Waals surface area contributed by atoms with E-state index in [9.17, 15) is 14.4 Å². The van der Waals surface area contributed by atoms with Crippen molar-refractivity contribution >= 4 is 35.1 Å². The van der Waals surface area contributed by atoms with Crippen molar-refractivity contribution in [3.05, 3.63) is 70.8 Å². The van der Waals surface area contributed by atoms with Gasteiger partial charge in [-0.3, -0.25) is 14.5 Å². The minimum absolute atomic E-state index is 0.105. The summed E-state index contributed by atoms with van der Waals surface area (Å²) in [5.74, 6) is 0.751. The molecule has 6 atom stereocenters. The lowest BCUT2D eigenvalue weighted by Crippen LogP contribution is -2.40. The van der Waals surface area contributed by atoms with Crippen LogP contribution in [0.4, 0.5) is 5.69 Å². The van der Waals surface area contributed by atoms with Gasteiger partial charge in [0.05, 0.1) is 23.1 Å². The molecule has 156 valence electrons. The Morgan fingerprint density at radius 2 is 1.58 bits per heavy atom. The van der Waals surface area contributed by atoms with Gasteiger partial charge in [-0.15, -0.1) is 0 Å². The van der Waals surface area contributed by atoms with Crippen LogP contribution in [0.1, 0.15) is 22.3 Å². The fraction of sp³-hybridized carbons (Fsp3) is 0.320. The van der Waals surface area contributed by atoms with Gasteiger partial charge < -0.3 is 4.74 Å². The highest BCUT2D eigenvalue weighted by Crippen LogP contribution is 2.65. The van der Waals surface area contributed by atoms with Crippen LogP contribution in [0.15, 0.2) is 54.6 Å². The van der Waals surface area contributed by atoms with Gasteiger partial charge in [-0.25, -0.2) is 4.79 Å². The van der Waals surface area contributed by atoms with E-state index >= 15 is 0 Å². The molecule has 2 aromatic rings. The van der Waals surface area contributed by atoms with Gasteiger partial charge in [0.25, 0.3) is 0 Å². The number of anilines is 1. The summed E-state index contributed by atoms with van der Waals surface area (Å²) < 4.78 is 5.42. The molecule has 2 amide bonds. The molecule has 5 nitrogen and oxygen atoms in total. The quantitative estimate of drug-likeness (QED) is 0.311. The minimum atomic E-state index is -0.511. The third-order valence-electron chi connectivity index (χ3n) is 7.36. The minimum Gasteiger partial charge on any atom is -0.423 e. The van der Waals surface area contributed by atoms with Crippen LogP contribution in [0.25, 0.3) is 0 Å². The zero-order chi connectivity index (χ0) is 21.4. The number of imide groups is 1. The highest BCUT2D eigenvalue weighted by Gasteiger charge is 2.67. The molecule has 1 heterocycles. The normalized spacial score (nSPS) is 32.1. The maximum Gasteiger partial charge on any atom is 0.343 e. The predicted molar refractivity (Wildman–Crippen MR) is 115 cm³/mol. The largest absolute Gasteiger partial charge is 0.423 e. The monoisotopic (exact) mass is 433 g/mol. The van der Waals surface area contributed by atoms with Gasteiger partial charge in [0.15, 0.2) is 0 Å².